The van der Waals surface area contributed by atoms with Crippen molar-refractivity contribution in [2.45, 2.75) is 24.3 Å². The summed E-state index contributed by atoms with van der Waals surface area (Å²) in [6, 6.07) is 10.5. The lowest BCUT2D eigenvalue weighted by molar-refractivity contribution is -0.120. The molecule has 0 bridgehead atoms. The van der Waals surface area contributed by atoms with Crippen LogP contribution in [0.25, 0.3) is 21.7 Å². The summed E-state index contributed by atoms with van der Waals surface area (Å²) < 4.78 is 1.43. The van der Waals surface area contributed by atoms with Gasteiger partial charge in [-0.1, -0.05) is 49.9 Å². The topological polar surface area (TPSA) is 107 Å². The standard InChI is InChI=1S/C19H20N4O3S/c1-10(2)15(16(24)22-18(20)26)27-19-21-14-9-12-7-5-4-6-11(12)8-13(14)17(25)23(19)3/h4-10,15H,1-3H3,(H3,20,22,24,26)/t15-/m1/s1. The summed E-state index contributed by atoms with van der Waals surface area (Å²) in [6.07, 6.45) is 0. The second-order valence-corrected chi connectivity index (χ2v) is 7.72. The summed E-state index contributed by atoms with van der Waals surface area (Å²) in [6.45, 7) is 3.70. The van der Waals surface area contributed by atoms with Crippen LogP contribution in [0.5, 0.6) is 0 Å². The molecule has 3 rings (SSSR count). The maximum absolute atomic E-state index is 12.8. The minimum atomic E-state index is -0.905. The number of urea groups is 1. The number of imide groups is 1. The summed E-state index contributed by atoms with van der Waals surface area (Å²) in [5.41, 5.74) is 5.43. The van der Waals surface area contributed by atoms with Gasteiger partial charge in [-0.05, 0) is 28.8 Å². The first-order valence-electron chi connectivity index (χ1n) is 8.44. The van der Waals surface area contributed by atoms with Gasteiger partial charge in [0.1, 0.15) is 0 Å². The van der Waals surface area contributed by atoms with Crippen LogP contribution in [-0.4, -0.2) is 26.7 Å². The van der Waals surface area contributed by atoms with Gasteiger partial charge in [0.15, 0.2) is 5.16 Å². The second-order valence-electron chi connectivity index (χ2n) is 6.61. The van der Waals surface area contributed by atoms with E-state index in [-0.39, 0.29) is 11.5 Å². The van der Waals surface area contributed by atoms with Crippen LogP contribution in [0, 0.1) is 5.92 Å². The maximum Gasteiger partial charge on any atom is 0.318 e. The van der Waals surface area contributed by atoms with Crippen LogP contribution >= 0.6 is 11.8 Å². The Hall–Kier alpha value is -2.87. The summed E-state index contributed by atoms with van der Waals surface area (Å²) in [7, 11) is 1.62. The average Bonchev–Trinajstić information content (AvgIpc) is 2.61. The fraction of sp³-hybridized carbons (Fsp3) is 0.263. The quantitative estimate of drug-likeness (QED) is 0.408. The summed E-state index contributed by atoms with van der Waals surface area (Å²) in [4.78, 5) is 40.7. The molecule has 1 atom stereocenters. The van der Waals surface area contributed by atoms with E-state index < -0.39 is 17.2 Å². The molecule has 3 N–H and O–H groups in total. The molecule has 0 radical (unpaired) electrons. The Morgan fingerprint density at radius 2 is 1.81 bits per heavy atom. The van der Waals surface area contributed by atoms with Gasteiger partial charge in [0.2, 0.25) is 5.91 Å². The summed E-state index contributed by atoms with van der Waals surface area (Å²) >= 11 is 1.14. The number of hydrogen-bond acceptors (Lipinski definition) is 5. The second kappa shape index (κ2) is 7.40. The largest absolute Gasteiger partial charge is 0.351 e. The van der Waals surface area contributed by atoms with E-state index in [2.05, 4.69) is 10.3 Å². The molecule has 2 aromatic carbocycles. The van der Waals surface area contributed by atoms with Crippen LogP contribution in [0.15, 0.2) is 46.3 Å². The highest BCUT2D eigenvalue weighted by molar-refractivity contribution is 8.00. The molecule has 140 valence electrons. The number of carbonyl (C=O) groups is 2. The molecule has 0 saturated carbocycles. The van der Waals surface area contributed by atoms with E-state index in [0.29, 0.717) is 16.1 Å². The van der Waals surface area contributed by atoms with Gasteiger partial charge in [0.25, 0.3) is 5.56 Å². The van der Waals surface area contributed by atoms with Crippen molar-refractivity contribution in [1.82, 2.24) is 14.9 Å². The van der Waals surface area contributed by atoms with E-state index in [4.69, 9.17) is 5.73 Å². The number of nitrogens with zero attached hydrogens (tertiary/aromatic N) is 2. The van der Waals surface area contributed by atoms with Crippen molar-refractivity contribution in [2.24, 2.45) is 18.7 Å². The van der Waals surface area contributed by atoms with Crippen molar-refractivity contribution in [1.29, 1.82) is 0 Å². The molecular weight excluding hydrogens is 364 g/mol. The Labute approximate surface area is 159 Å². The van der Waals surface area contributed by atoms with Crippen LogP contribution < -0.4 is 16.6 Å². The Kier molecular flexibility index (Phi) is 5.18. The van der Waals surface area contributed by atoms with Crippen molar-refractivity contribution in [3.05, 3.63) is 46.8 Å². The van der Waals surface area contributed by atoms with Gasteiger partial charge >= 0.3 is 6.03 Å². The third-order valence-corrected chi connectivity index (χ3v) is 5.83. The van der Waals surface area contributed by atoms with Crippen molar-refractivity contribution >= 4 is 45.4 Å². The Morgan fingerprint density at radius 3 is 2.41 bits per heavy atom. The molecule has 1 heterocycles. The molecule has 0 aliphatic heterocycles. The first kappa shape index (κ1) is 18.9. The number of hydrogen-bond donors (Lipinski definition) is 2. The number of amides is 3. The molecule has 1 aromatic heterocycles. The highest BCUT2D eigenvalue weighted by Gasteiger charge is 2.26. The monoisotopic (exact) mass is 384 g/mol. The van der Waals surface area contributed by atoms with Crippen LogP contribution in [0.3, 0.4) is 0 Å². The lowest BCUT2D eigenvalue weighted by atomic mass is 10.1. The fourth-order valence-electron chi connectivity index (χ4n) is 2.84. The molecule has 27 heavy (non-hydrogen) atoms. The van der Waals surface area contributed by atoms with E-state index in [9.17, 15) is 14.4 Å². The lowest BCUT2D eigenvalue weighted by Gasteiger charge is -2.19. The third-order valence-electron chi connectivity index (χ3n) is 4.24. The molecule has 0 saturated heterocycles. The zero-order valence-electron chi connectivity index (χ0n) is 15.2. The van der Waals surface area contributed by atoms with Gasteiger partial charge in [0, 0.05) is 7.05 Å². The van der Waals surface area contributed by atoms with Crippen molar-refractivity contribution in [3.8, 4) is 0 Å². The molecule has 7 nitrogen and oxygen atoms in total. The predicted molar refractivity (Wildman–Crippen MR) is 107 cm³/mol. The Morgan fingerprint density at radius 1 is 1.19 bits per heavy atom. The minimum Gasteiger partial charge on any atom is -0.351 e. The molecule has 0 unspecified atom stereocenters. The summed E-state index contributed by atoms with van der Waals surface area (Å²) in [5.74, 6) is -0.603. The van der Waals surface area contributed by atoms with Crippen molar-refractivity contribution in [3.63, 3.8) is 0 Å². The predicted octanol–water partition coefficient (Wildman–Crippen LogP) is 2.40. The van der Waals surface area contributed by atoms with Crippen LogP contribution in [0.1, 0.15) is 13.8 Å². The molecule has 0 fully saturated rings. The lowest BCUT2D eigenvalue weighted by Crippen LogP contribution is -2.42. The highest BCUT2D eigenvalue weighted by Crippen LogP contribution is 2.28. The van der Waals surface area contributed by atoms with Crippen molar-refractivity contribution in [2.75, 3.05) is 0 Å². The maximum atomic E-state index is 12.8. The number of nitrogens with two attached hydrogens (primary N) is 1. The van der Waals surface area contributed by atoms with Gasteiger partial charge < -0.3 is 5.73 Å². The Bertz CT molecular complexity index is 1110. The molecule has 0 aliphatic rings. The van der Waals surface area contributed by atoms with Gasteiger partial charge in [-0.3, -0.25) is 19.5 Å². The molecule has 8 heteroatoms. The number of primary amides is 1. The number of benzene rings is 2. The number of aromatic nitrogens is 2. The smallest absolute Gasteiger partial charge is 0.318 e. The van der Waals surface area contributed by atoms with E-state index >= 15 is 0 Å². The number of fused-ring (bicyclic) bond motifs is 2. The molecular formula is C19H20N4O3S. The summed E-state index contributed by atoms with van der Waals surface area (Å²) in [5, 5.41) is 4.35. The van der Waals surface area contributed by atoms with Crippen molar-refractivity contribution < 1.29 is 9.59 Å². The van der Waals surface area contributed by atoms with Crippen LogP contribution in [-0.2, 0) is 11.8 Å². The van der Waals surface area contributed by atoms with Crippen LogP contribution in [0.4, 0.5) is 4.79 Å². The fourth-order valence-corrected chi connectivity index (χ4v) is 3.90. The zero-order chi connectivity index (χ0) is 19.7. The zero-order valence-corrected chi connectivity index (χ0v) is 16.0. The first-order valence-corrected chi connectivity index (χ1v) is 9.32. The highest BCUT2D eigenvalue weighted by atomic mass is 32.2. The Balaban J connectivity index is 2.09. The first-order chi connectivity index (χ1) is 12.8. The van der Waals surface area contributed by atoms with Gasteiger partial charge in [0.05, 0.1) is 16.2 Å². The number of carbonyl (C=O) groups excluding carboxylic acids is 2. The van der Waals surface area contributed by atoms with Gasteiger partial charge in [-0.15, -0.1) is 0 Å². The van der Waals surface area contributed by atoms with E-state index in [1.165, 1.54) is 4.57 Å². The molecule has 0 aliphatic carbocycles. The van der Waals surface area contributed by atoms with Gasteiger partial charge in [-0.25, -0.2) is 9.78 Å². The van der Waals surface area contributed by atoms with Gasteiger partial charge in [-0.2, -0.15) is 0 Å². The van der Waals surface area contributed by atoms with E-state index in [0.717, 1.165) is 22.5 Å². The molecule has 3 amide bonds. The van der Waals surface area contributed by atoms with E-state index in [1.54, 1.807) is 7.05 Å². The average molecular weight is 384 g/mol. The molecule has 0 spiro atoms. The van der Waals surface area contributed by atoms with Crippen LogP contribution in [0.2, 0.25) is 0 Å². The number of rotatable bonds is 4. The molecule has 3 aromatic rings. The number of nitrogens with one attached hydrogen (secondary N) is 1. The third kappa shape index (κ3) is 3.80. The minimum absolute atomic E-state index is 0.0986. The number of thioether (sulfide) groups is 1. The normalized spacial score (nSPS) is 12.4. The SMILES string of the molecule is CC(C)[C@@H](Sc1nc2cc3ccccc3cc2c(=O)n1C)C(=O)NC(N)=O. The van der Waals surface area contributed by atoms with E-state index in [1.807, 2.05) is 50.2 Å².